The Labute approximate surface area is 102 Å². The topological polar surface area (TPSA) is 47.3 Å². The summed E-state index contributed by atoms with van der Waals surface area (Å²) in [5, 5.41) is 18.9. The fraction of sp³-hybridized carbons (Fsp3) is 0.500. The molecule has 1 fully saturated rings. The molecule has 0 radical (unpaired) electrons. The number of aliphatic hydroxyl groups excluding tert-OH is 1. The van der Waals surface area contributed by atoms with Gasteiger partial charge in [-0.3, -0.25) is 0 Å². The highest BCUT2D eigenvalue weighted by atomic mass is 16.3. The van der Waals surface area contributed by atoms with Crippen LogP contribution in [0.15, 0.2) is 18.2 Å². The maximum atomic E-state index is 9.75. The van der Waals surface area contributed by atoms with E-state index < -0.39 is 0 Å². The van der Waals surface area contributed by atoms with Gasteiger partial charge in [-0.25, -0.2) is 0 Å². The SMILES string of the molecule is Cc1cccc(C#N)c1N1CCC(O)C(C)C1. The molecule has 90 valence electrons. The predicted molar refractivity (Wildman–Crippen MR) is 67.9 cm³/mol. The standard InChI is InChI=1S/C14H18N2O/c1-10-4-3-5-12(8-15)14(10)16-7-6-13(17)11(2)9-16/h3-5,11,13,17H,6-7,9H2,1-2H3. The minimum atomic E-state index is -0.208. The highest BCUT2D eigenvalue weighted by Gasteiger charge is 2.26. The van der Waals surface area contributed by atoms with Gasteiger partial charge >= 0.3 is 0 Å². The van der Waals surface area contributed by atoms with E-state index in [0.29, 0.717) is 0 Å². The quantitative estimate of drug-likeness (QED) is 0.803. The number of anilines is 1. The second-order valence-electron chi connectivity index (χ2n) is 4.86. The summed E-state index contributed by atoms with van der Waals surface area (Å²) in [6, 6.07) is 8.06. The molecule has 1 N–H and O–H groups in total. The Morgan fingerprint density at radius 1 is 1.47 bits per heavy atom. The zero-order chi connectivity index (χ0) is 12.4. The molecule has 0 spiro atoms. The highest BCUT2D eigenvalue weighted by Crippen LogP contribution is 2.29. The summed E-state index contributed by atoms with van der Waals surface area (Å²) >= 11 is 0. The molecule has 2 atom stereocenters. The van der Waals surface area contributed by atoms with Gasteiger partial charge in [0.2, 0.25) is 0 Å². The number of rotatable bonds is 1. The van der Waals surface area contributed by atoms with Crippen LogP contribution in [0, 0.1) is 24.2 Å². The van der Waals surface area contributed by atoms with E-state index in [-0.39, 0.29) is 12.0 Å². The fourth-order valence-corrected chi connectivity index (χ4v) is 2.51. The molecule has 1 aromatic rings. The highest BCUT2D eigenvalue weighted by molar-refractivity contribution is 5.64. The first-order valence-electron chi connectivity index (χ1n) is 6.06. The van der Waals surface area contributed by atoms with Crippen LogP contribution < -0.4 is 4.90 Å². The zero-order valence-electron chi connectivity index (χ0n) is 10.3. The number of para-hydroxylation sites is 1. The first kappa shape index (κ1) is 11.9. The third-order valence-electron chi connectivity index (χ3n) is 3.53. The van der Waals surface area contributed by atoms with Crippen LogP contribution in [-0.2, 0) is 0 Å². The van der Waals surface area contributed by atoms with E-state index in [1.165, 1.54) is 0 Å². The summed E-state index contributed by atoms with van der Waals surface area (Å²) in [5.74, 6) is 0.259. The normalized spacial score (nSPS) is 24.5. The lowest BCUT2D eigenvalue weighted by Crippen LogP contribution is -2.42. The van der Waals surface area contributed by atoms with Crippen molar-refractivity contribution in [2.75, 3.05) is 18.0 Å². The summed E-state index contributed by atoms with van der Waals surface area (Å²) in [7, 11) is 0. The number of nitriles is 1. The maximum absolute atomic E-state index is 9.75. The van der Waals surface area contributed by atoms with Gasteiger partial charge in [-0.1, -0.05) is 19.1 Å². The van der Waals surface area contributed by atoms with Crippen LogP contribution >= 0.6 is 0 Å². The van der Waals surface area contributed by atoms with E-state index in [2.05, 4.69) is 17.9 Å². The average molecular weight is 230 g/mol. The Morgan fingerprint density at radius 2 is 2.24 bits per heavy atom. The van der Waals surface area contributed by atoms with Crippen LogP contribution in [0.5, 0.6) is 0 Å². The molecular formula is C14H18N2O. The number of aryl methyl sites for hydroxylation is 1. The molecular weight excluding hydrogens is 212 g/mol. The van der Waals surface area contributed by atoms with Crippen molar-refractivity contribution in [3.8, 4) is 6.07 Å². The van der Waals surface area contributed by atoms with Crippen molar-refractivity contribution in [3.05, 3.63) is 29.3 Å². The van der Waals surface area contributed by atoms with Gasteiger partial charge < -0.3 is 10.0 Å². The zero-order valence-corrected chi connectivity index (χ0v) is 10.3. The van der Waals surface area contributed by atoms with Crippen molar-refractivity contribution in [1.82, 2.24) is 0 Å². The Hall–Kier alpha value is -1.53. The van der Waals surface area contributed by atoms with Gasteiger partial charge in [-0.2, -0.15) is 5.26 Å². The smallest absolute Gasteiger partial charge is 0.101 e. The fourth-order valence-electron chi connectivity index (χ4n) is 2.51. The van der Waals surface area contributed by atoms with Crippen molar-refractivity contribution in [3.63, 3.8) is 0 Å². The largest absolute Gasteiger partial charge is 0.393 e. The summed E-state index contributed by atoms with van der Waals surface area (Å²) in [4.78, 5) is 2.23. The second-order valence-corrected chi connectivity index (χ2v) is 4.86. The van der Waals surface area contributed by atoms with Gasteiger partial charge in [0, 0.05) is 13.1 Å². The summed E-state index contributed by atoms with van der Waals surface area (Å²) in [6.45, 7) is 5.73. The van der Waals surface area contributed by atoms with Crippen molar-refractivity contribution >= 4 is 5.69 Å². The molecule has 0 aromatic heterocycles. The van der Waals surface area contributed by atoms with E-state index in [1.807, 2.05) is 25.1 Å². The summed E-state index contributed by atoms with van der Waals surface area (Å²) < 4.78 is 0. The maximum Gasteiger partial charge on any atom is 0.101 e. The molecule has 3 nitrogen and oxygen atoms in total. The molecule has 1 aromatic carbocycles. The van der Waals surface area contributed by atoms with Gasteiger partial charge in [0.25, 0.3) is 0 Å². The number of hydrogen-bond acceptors (Lipinski definition) is 3. The first-order chi connectivity index (χ1) is 8.13. The van der Waals surface area contributed by atoms with Crippen LogP contribution in [0.1, 0.15) is 24.5 Å². The molecule has 3 heteroatoms. The molecule has 0 saturated carbocycles. The number of benzene rings is 1. The lowest BCUT2D eigenvalue weighted by molar-refractivity contribution is 0.0970. The van der Waals surface area contributed by atoms with Gasteiger partial charge in [-0.15, -0.1) is 0 Å². The Kier molecular flexibility index (Phi) is 3.35. The number of piperidine rings is 1. The molecule has 1 aliphatic rings. The van der Waals surface area contributed by atoms with E-state index in [0.717, 1.165) is 36.3 Å². The molecule has 2 rings (SSSR count). The molecule has 1 aliphatic heterocycles. The summed E-state index contributed by atoms with van der Waals surface area (Å²) in [5.41, 5.74) is 2.90. The Balaban J connectivity index is 2.32. The molecule has 0 amide bonds. The minimum Gasteiger partial charge on any atom is -0.393 e. The van der Waals surface area contributed by atoms with E-state index in [1.54, 1.807) is 0 Å². The molecule has 0 aliphatic carbocycles. The van der Waals surface area contributed by atoms with Gasteiger partial charge in [0.15, 0.2) is 0 Å². The van der Waals surface area contributed by atoms with E-state index in [9.17, 15) is 5.11 Å². The van der Waals surface area contributed by atoms with Crippen molar-refractivity contribution in [2.45, 2.75) is 26.4 Å². The van der Waals surface area contributed by atoms with Gasteiger partial charge in [-0.05, 0) is 30.9 Å². The van der Waals surface area contributed by atoms with E-state index in [4.69, 9.17) is 5.26 Å². The second kappa shape index (κ2) is 4.77. The lowest BCUT2D eigenvalue weighted by Gasteiger charge is -2.37. The average Bonchev–Trinajstić information content (AvgIpc) is 2.32. The third kappa shape index (κ3) is 2.27. The number of nitrogens with zero attached hydrogens (tertiary/aromatic N) is 2. The van der Waals surface area contributed by atoms with Crippen LogP contribution in [-0.4, -0.2) is 24.3 Å². The molecule has 17 heavy (non-hydrogen) atoms. The number of aliphatic hydroxyl groups is 1. The van der Waals surface area contributed by atoms with Crippen molar-refractivity contribution in [2.24, 2.45) is 5.92 Å². The molecule has 0 bridgehead atoms. The Morgan fingerprint density at radius 3 is 2.88 bits per heavy atom. The number of hydrogen-bond donors (Lipinski definition) is 1. The molecule has 1 heterocycles. The van der Waals surface area contributed by atoms with E-state index >= 15 is 0 Å². The van der Waals surface area contributed by atoms with Crippen molar-refractivity contribution in [1.29, 1.82) is 5.26 Å². The van der Waals surface area contributed by atoms with Crippen LogP contribution in [0.3, 0.4) is 0 Å². The van der Waals surface area contributed by atoms with Crippen LogP contribution in [0.4, 0.5) is 5.69 Å². The monoisotopic (exact) mass is 230 g/mol. The van der Waals surface area contributed by atoms with Gasteiger partial charge in [0.05, 0.1) is 17.4 Å². The summed E-state index contributed by atoms with van der Waals surface area (Å²) in [6.07, 6.45) is 0.571. The van der Waals surface area contributed by atoms with Crippen molar-refractivity contribution < 1.29 is 5.11 Å². The third-order valence-corrected chi connectivity index (χ3v) is 3.53. The minimum absolute atomic E-state index is 0.208. The van der Waals surface area contributed by atoms with Crippen LogP contribution in [0.2, 0.25) is 0 Å². The Bertz CT molecular complexity index is 450. The molecule has 1 saturated heterocycles. The predicted octanol–water partition coefficient (Wildman–Crippen LogP) is 2.07. The van der Waals surface area contributed by atoms with Crippen LogP contribution in [0.25, 0.3) is 0 Å². The molecule has 2 unspecified atom stereocenters. The van der Waals surface area contributed by atoms with Gasteiger partial charge in [0.1, 0.15) is 6.07 Å². The lowest BCUT2D eigenvalue weighted by atomic mass is 9.95. The first-order valence-corrected chi connectivity index (χ1v) is 6.06.